The van der Waals surface area contributed by atoms with Crippen molar-refractivity contribution in [1.29, 1.82) is 0 Å². The van der Waals surface area contributed by atoms with Gasteiger partial charge in [0, 0.05) is 12.1 Å². The molecule has 0 atom stereocenters. The summed E-state index contributed by atoms with van der Waals surface area (Å²) < 4.78 is 38.3. The molecule has 0 unspecified atom stereocenters. The van der Waals surface area contributed by atoms with Crippen LogP contribution in [0.4, 0.5) is 12.9 Å². The summed E-state index contributed by atoms with van der Waals surface area (Å²) in [6.07, 6.45) is 5.24. The molecule has 1 aromatic rings. The molecule has 0 heterocycles. The van der Waals surface area contributed by atoms with Gasteiger partial charge < -0.3 is 18.7 Å². The molecule has 0 spiro atoms. The molecule has 0 saturated heterocycles. The number of benzene rings is 1. The first-order valence-electron chi connectivity index (χ1n) is 4.82. The molecule has 0 aliphatic rings. The summed E-state index contributed by atoms with van der Waals surface area (Å²) in [7, 11) is 0. The van der Waals surface area contributed by atoms with E-state index in [0.29, 0.717) is 16.7 Å². The third-order valence-corrected chi connectivity index (χ3v) is 2.71. The van der Waals surface area contributed by atoms with Crippen molar-refractivity contribution < 1.29 is 12.9 Å². The molecule has 0 radical (unpaired) electrons. The third-order valence-electron chi connectivity index (χ3n) is 2.71. The van der Waals surface area contributed by atoms with E-state index in [1.807, 2.05) is 0 Å². The topological polar surface area (TPSA) is 26.0 Å². The number of nitrogens with two attached hydrogens (primary N) is 1. The van der Waals surface area contributed by atoms with Gasteiger partial charge in [-0.2, -0.15) is 0 Å². The Balaban J connectivity index is 3.61. The number of hydrogen-bond donors (Lipinski definition) is 1. The zero-order chi connectivity index (χ0) is 12.5. The van der Waals surface area contributed by atoms with E-state index < -0.39 is 12.4 Å². The smallest absolute Gasteiger partial charge is 0.445 e. The van der Waals surface area contributed by atoms with Gasteiger partial charge in [-0.3, -0.25) is 0 Å². The van der Waals surface area contributed by atoms with Crippen LogP contribution in [-0.2, 0) is 6.54 Å². The Labute approximate surface area is 92.9 Å². The molecular weight excluding hydrogens is 214 g/mol. The van der Waals surface area contributed by atoms with E-state index in [-0.39, 0.29) is 12.1 Å². The molecule has 1 nitrogen and oxygen atoms in total. The Hall–Kier alpha value is -1.41. The van der Waals surface area contributed by atoms with Gasteiger partial charge in [-0.25, -0.2) is 0 Å². The van der Waals surface area contributed by atoms with Crippen molar-refractivity contribution in [2.75, 3.05) is 0 Å². The van der Waals surface area contributed by atoms with Crippen molar-refractivity contribution in [3.8, 4) is 12.3 Å². The van der Waals surface area contributed by atoms with E-state index in [9.17, 15) is 12.9 Å². The molecule has 0 aliphatic carbocycles. The second-order valence-electron chi connectivity index (χ2n) is 3.67. The van der Waals surface area contributed by atoms with Gasteiger partial charge in [-0.1, -0.05) is 17.6 Å². The van der Waals surface area contributed by atoms with Gasteiger partial charge in [-0.05, 0) is 25.0 Å². The first-order chi connectivity index (χ1) is 7.32. The van der Waals surface area contributed by atoms with Gasteiger partial charge in [0.15, 0.2) is 0 Å². The first-order valence-corrected chi connectivity index (χ1v) is 4.82. The van der Waals surface area contributed by atoms with E-state index in [1.54, 1.807) is 6.92 Å². The molecule has 0 fully saturated rings. The van der Waals surface area contributed by atoms with E-state index in [0.717, 1.165) is 6.07 Å². The molecule has 0 amide bonds. The standard InChI is InChI=1S/C11H12BF3N/c1-4-10-7(2)9(6-16)5-11(8(10)3)12(13,14)15/h1,5H,6,16H2,2-3H3/q-1. The number of halogens is 3. The largest absolute Gasteiger partial charge is 0.509 e. The van der Waals surface area contributed by atoms with Crippen LogP contribution >= 0.6 is 0 Å². The van der Waals surface area contributed by atoms with Crippen molar-refractivity contribution in [2.24, 2.45) is 5.73 Å². The second-order valence-corrected chi connectivity index (χ2v) is 3.67. The Morgan fingerprint density at radius 2 is 1.88 bits per heavy atom. The highest BCUT2D eigenvalue weighted by atomic mass is 19.4. The second kappa shape index (κ2) is 4.22. The summed E-state index contributed by atoms with van der Waals surface area (Å²) >= 11 is 0. The fraction of sp³-hybridized carbons (Fsp3) is 0.273. The Bertz CT molecular complexity index is 458. The predicted octanol–water partition coefficient (Wildman–Crippen LogP) is 1.80. The average molecular weight is 226 g/mol. The number of hydrogen-bond acceptors (Lipinski definition) is 1. The third kappa shape index (κ3) is 2.07. The van der Waals surface area contributed by atoms with Gasteiger partial charge in [0.2, 0.25) is 0 Å². The zero-order valence-corrected chi connectivity index (χ0v) is 9.15. The maximum atomic E-state index is 12.8. The van der Waals surface area contributed by atoms with E-state index >= 15 is 0 Å². The summed E-state index contributed by atoms with van der Waals surface area (Å²) in [6, 6.07) is 1.10. The van der Waals surface area contributed by atoms with Crippen LogP contribution in [0.3, 0.4) is 0 Å². The maximum absolute atomic E-state index is 12.8. The van der Waals surface area contributed by atoms with Crippen LogP contribution in [-0.4, -0.2) is 6.98 Å². The lowest BCUT2D eigenvalue weighted by Gasteiger charge is -2.22. The van der Waals surface area contributed by atoms with Crippen molar-refractivity contribution >= 4 is 12.4 Å². The van der Waals surface area contributed by atoms with Gasteiger partial charge in [0.25, 0.3) is 0 Å². The van der Waals surface area contributed by atoms with Gasteiger partial charge in [0.05, 0.1) is 0 Å². The normalized spacial score (nSPS) is 11.3. The van der Waals surface area contributed by atoms with Crippen LogP contribution in [0.15, 0.2) is 6.07 Å². The quantitative estimate of drug-likeness (QED) is 0.603. The van der Waals surface area contributed by atoms with Gasteiger partial charge >= 0.3 is 6.98 Å². The van der Waals surface area contributed by atoms with Crippen molar-refractivity contribution in [2.45, 2.75) is 20.4 Å². The molecule has 0 aromatic heterocycles. The first kappa shape index (κ1) is 12.7. The fourth-order valence-electron chi connectivity index (χ4n) is 1.76. The minimum Gasteiger partial charge on any atom is -0.445 e. The van der Waals surface area contributed by atoms with Crippen LogP contribution < -0.4 is 11.2 Å². The summed E-state index contributed by atoms with van der Waals surface area (Å²) in [5, 5.41) is 0. The van der Waals surface area contributed by atoms with Crippen LogP contribution in [0.1, 0.15) is 22.3 Å². The molecule has 5 heteroatoms. The lowest BCUT2D eigenvalue weighted by molar-refractivity contribution is 0.500. The summed E-state index contributed by atoms with van der Waals surface area (Å²) in [6.45, 7) is -1.91. The van der Waals surface area contributed by atoms with E-state index in [4.69, 9.17) is 12.2 Å². The molecule has 1 rings (SSSR count). The summed E-state index contributed by atoms with van der Waals surface area (Å²) in [5.41, 5.74) is 6.30. The molecule has 0 bridgehead atoms. The minimum atomic E-state index is -5.05. The molecule has 2 N–H and O–H groups in total. The fourth-order valence-corrected chi connectivity index (χ4v) is 1.76. The summed E-state index contributed by atoms with van der Waals surface area (Å²) in [4.78, 5) is 0. The number of rotatable bonds is 2. The van der Waals surface area contributed by atoms with Gasteiger partial charge in [-0.15, -0.1) is 11.9 Å². The molecule has 16 heavy (non-hydrogen) atoms. The Kier molecular flexibility index (Phi) is 3.34. The highest BCUT2D eigenvalue weighted by molar-refractivity contribution is 6.74. The SMILES string of the molecule is C#Cc1c(C)c(CN)cc([B-](F)(F)F)c1C. The lowest BCUT2D eigenvalue weighted by atomic mass is 9.74. The van der Waals surface area contributed by atoms with Gasteiger partial charge in [0.1, 0.15) is 0 Å². The zero-order valence-electron chi connectivity index (χ0n) is 9.15. The maximum Gasteiger partial charge on any atom is 0.509 e. The molecule has 0 aliphatic heterocycles. The highest BCUT2D eigenvalue weighted by Gasteiger charge is 2.29. The summed E-state index contributed by atoms with van der Waals surface area (Å²) in [5.74, 6) is 2.31. The Morgan fingerprint density at radius 1 is 1.31 bits per heavy atom. The monoisotopic (exact) mass is 226 g/mol. The lowest BCUT2D eigenvalue weighted by Crippen LogP contribution is -2.37. The van der Waals surface area contributed by atoms with Crippen LogP contribution in [0.25, 0.3) is 0 Å². The molecule has 1 aromatic carbocycles. The van der Waals surface area contributed by atoms with Crippen LogP contribution in [0, 0.1) is 26.2 Å². The average Bonchev–Trinajstić information content (AvgIpc) is 2.17. The number of terminal acetylenes is 1. The molecule has 86 valence electrons. The Morgan fingerprint density at radius 3 is 2.25 bits per heavy atom. The molecule has 0 saturated carbocycles. The highest BCUT2D eigenvalue weighted by Crippen LogP contribution is 2.20. The van der Waals surface area contributed by atoms with Crippen LogP contribution in [0.5, 0.6) is 0 Å². The van der Waals surface area contributed by atoms with Crippen molar-refractivity contribution in [1.82, 2.24) is 0 Å². The van der Waals surface area contributed by atoms with E-state index in [2.05, 4.69) is 5.92 Å². The van der Waals surface area contributed by atoms with Crippen LogP contribution in [0.2, 0.25) is 0 Å². The minimum absolute atomic E-state index is 0.0555. The van der Waals surface area contributed by atoms with E-state index in [1.165, 1.54) is 6.92 Å². The predicted molar refractivity (Wildman–Crippen MR) is 60.5 cm³/mol. The van der Waals surface area contributed by atoms with Crippen molar-refractivity contribution in [3.63, 3.8) is 0 Å². The van der Waals surface area contributed by atoms with Crippen molar-refractivity contribution in [3.05, 3.63) is 28.3 Å². The molecular formula is C11H12BF3N-.